The normalized spacial score (nSPS) is 13.2. The molecule has 1 fully saturated rings. The molecule has 3 heterocycles. The second-order valence-corrected chi connectivity index (χ2v) is 10.5. The van der Waals surface area contributed by atoms with E-state index in [0.717, 1.165) is 72.3 Å². The molecule has 5 rings (SSSR count). The maximum Gasteiger partial charge on any atom is 0.255 e. The van der Waals surface area contributed by atoms with Crippen molar-refractivity contribution in [3.05, 3.63) is 86.8 Å². The van der Waals surface area contributed by atoms with Gasteiger partial charge in [0.05, 0.1) is 29.1 Å². The van der Waals surface area contributed by atoms with E-state index in [1.54, 1.807) is 18.4 Å². The summed E-state index contributed by atoms with van der Waals surface area (Å²) in [6.45, 7) is 4.76. The first-order valence-corrected chi connectivity index (χ1v) is 13.7. The Labute approximate surface area is 226 Å². The zero-order chi connectivity index (χ0) is 25.8. The van der Waals surface area contributed by atoms with Crippen LogP contribution in [0.2, 0.25) is 5.02 Å². The highest BCUT2D eigenvalue weighted by atomic mass is 35.5. The van der Waals surface area contributed by atoms with Crippen molar-refractivity contribution in [1.82, 2.24) is 14.5 Å². The number of aryl methyl sites for hydroxylation is 1. The fraction of sp³-hybridized carbons (Fsp3) is 0.310. The first-order valence-electron chi connectivity index (χ1n) is 12.5. The Morgan fingerprint density at radius 2 is 1.86 bits per heavy atom. The van der Waals surface area contributed by atoms with E-state index in [9.17, 15) is 4.79 Å². The molecule has 4 aromatic rings. The summed E-state index contributed by atoms with van der Waals surface area (Å²) in [6, 6.07) is 17.6. The van der Waals surface area contributed by atoms with Crippen molar-refractivity contribution in [3.8, 4) is 22.9 Å². The van der Waals surface area contributed by atoms with Gasteiger partial charge in [0.15, 0.2) is 0 Å². The molecule has 2 aromatic carbocycles. The van der Waals surface area contributed by atoms with Crippen LogP contribution in [0.15, 0.2) is 60.0 Å². The zero-order valence-electron chi connectivity index (χ0n) is 21.1. The monoisotopic (exact) mass is 535 g/mol. The molecule has 0 saturated carbocycles. The second kappa shape index (κ2) is 11.4. The highest BCUT2D eigenvalue weighted by Gasteiger charge is 2.25. The molecule has 0 radical (unpaired) electrons. The van der Waals surface area contributed by atoms with Crippen molar-refractivity contribution in [2.24, 2.45) is 0 Å². The lowest BCUT2D eigenvalue weighted by Crippen LogP contribution is -2.28. The number of para-hydroxylation sites is 1. The predicted molar refractivity (Wildman–Crippen MR) is 148 cm³/mol. The van der Waals surface area contributed by atoms with Gasteiger partial charge in [0.2, 0.25) is 0 Å². The van der Waals surface area contributed by atoms with Gasteiger partial charge in [-0.15, -0.1) is 11.3 Å². The van der Waals surface area contributed by atoms with Crippen LogP contribution in [-0.2, 0) is 19.6 Å². The summed E-state index contributed by atoms with van der Waals surface area (Å²) in [6.07, 6.45) is 2.96. The van der Waals surface area contributed by atoms with Gasteiger partial charge in [-0.25, -0.2) is 4.98 Å². The van der Waals surface area contributed by atoms with E-state index in [0.29, 0.717) is 17.4 Å². The molecule has 0 N–H and O–H groups in total. The fourth-order valence-electron chi connectivity index (χ4n) is 4.68. The molecule has 0 bridgehead atoms. The van der Waals surface area contributed by atoms with E-state index in [1.165, 1.54) is 5.56 Å². The zero-order valence-corrected chi connectivity index (χ0v) is 22.6. The van der Waals surface area contributed by atoms with Crippen LogP contribution in [0, 0.1) is 6.92 Å². The number of ether oxygens (including phenoxy) is 2. The van der Waals surface area contributed by atoms with E-state index < -0.39 is 0 Å². The quantitative estimate of drug-likeness (QED) is 0.241. The fourth-order valence-corrected chi connectivity index (χ4v) is 5.57. The molecule has 1 aliphatic heterocycles. The molecular formula is C29H30ClN3O3S. The average Bonchev–Trinajstić information content (AvgIpc) is 3.68. The average molecular weight is 536 g/mol. The number of amides is 1. The molecule has 6 nitrogen and oxygen atoms in total. The van der Waals surface area contributed by atoms with Gasteiger partial charge >= 0.3 is 0 Å². The molecule has 1 saturated heterocycles. The number of hydrogen-bond donors (Lipinski definition) is 0. The summed E-state index contributed by atoms with van der Waals surface area (Å²) in [7, 11) is 1.67. The first kappa shape index (κ1) is 25.4. The topological polar surface area (TPSA) is 56.6 Å². The second-order valence-electron chi connectivity index (χ2n) is 9.12. The minimum Gasteiger partial charge on any atom is -0.497 e. The number of hydrogen-bond acceptors (Lipinski definition) is 5. The molecular weight excluding hydrogens is 506 g/mol. The molecule has 0 atom stereocenters. The summed E-state index contributed by atoms with van der Waals surface area (Å²) < 4.78 is 13.4. The van der Waals surface area contributed by atoms with Crippen LogP contribution in [0.25, 0.3) is 11.4 Å². The van der Waals surface area contributed by atoms with Gasteiger partial charge in [-0.3, -0.25) is 4.79 Å². The molecule has 1 aliphatic rings. The minimum atomic E-state index is 0.108. The van der Waals surface area contributed by atoms with Crippen LogP contribution < -0.4 is 9.47 Å². The van der Waals surface area contributed by atoms with Crippen molar-refractivity contribution >= 4 is 28.8 Å². The Balaban J connectivity index is 1.41. The molecule has 192 valence electrons. The SMILES string of the molecule is COc1ccc(CCn2c(-c3csc(COc4ccccc4Cl)n3)cc(C(=O)N3CCCC3)c2C)cc1. The summed E-state index contributed by atoms with van der Waals surface area (Å²) in [5, 5.41) is 3.46. The van der Waals surface area contributed by atoms with Crippen LogP contribution in [0.3, 0.4) is 0 Å². The van der Waals surface area contributed by atoms with Gasteiger partial charge in [-0.1, -0.05) is 35.9 Å². The number of aromatic nitrogens is 2. The summed E-state index contributed by atoms with van der Waals surface area (Å²) in [4.78, 5) is 20.2. The number of nitrogens with zero attached hydrogens (tertiary/aromatic N) is 3. The van der Waals surface area contributed by atoms with Crippen LogP contribution in [0.1, 0.15) is 39.5 Å². The van der Waals surface area contributed by atoms with Crippen LogP contribution in [-0.4, -0.2) is 40.6 Å². The lowest BCUT2D eigenvalue weighted by molar-refractivity contribution is 0.0792. The van der Waals surface area contributed by atoms with Gasteiger partial charge in [0.1, 0.15) is 23.1 Å². The van der Waals surface area contributed by atoms with E-state index in [1.807, 2.05) is 59.7 Å². The van der Waals surface area contributed by atoms with Crippen LogP contribution >= 0.6 is 22.9 Å². The highest BCUT2D eigenvalue weighted by Crippen LogP contribution is 2.30. The largest absolute Gasteiger partial charge is 0.497 e. The van der Waals surface area contributed by atoms with Crippen molar-refractivity contribution < 1.29 is 14.3 Å². The Morgan fingerprint density at radius 3 is 2.59 bits per heavy atom. The summed E-state index contributed by atoms with van der Waals surface area (Å²) in [5.74, 6) is 1.59. The summed E-state index contributed by atoms with van der Waals surface area (Å²) in [5.41, 5.74) is 4.74. The Hall–Kier alpha value is -3.29. The number of rotatable bonds is 9. The third-order valence-electron chi connectivity index (χ3n) is 6.78. The molecule has 0 spiro atoms. The number of methoxy groups -OCH3 is 1. The molecule has 0 aliphatic carbocycles. The van der Waals surface area contributed by atoms with Gasteiger partial charge in [0, 0.05) is 30.7 Å². The molecule has 37 heavy (non-hydrogen) atoms. The lowest BCUT2D eigenvalue weighted by Gasteiger charge is -2.15. The molecule has 2 aromatic heterocycles. The Bertz CT molecular complexity index is 1370. The highest BCUT2D eigenvalue weighted by molar-refractivity contribution is 7.09. The predicted octanol–water partition coefficient (Wildman–Crippen LogP) is 6.64. The van der Waals surface area contributed by atoms with Crippen molar-refractivity contribution in [3.63, 3.8) is 0 Å². The number of likely N-dealkylation sites (tertiary alicyclic amines) is 1. The number of thiazole rings is 1. The van der Waals surface area contributed by atoms with E-state index in [-0.39, 0.29) is 5.91 Å². The molecule has 1 amide bonds. The number of carbonyl (C=O) groups is 1. The van der Waals surface area contributed by atoms with Crippen LogP contribution in [0.5, 0.6) is 11.5 Å². The number of carbonyl (C=O) groups excluding carboxylic acids is 1. The number of halogens is 1. The standard InChI is InChI=1S/C29H30ClN3O3S/c1-20-23(29(34)32-14-5-6-15-32)17-26(33(20)16-13-21-9-11-22(35-2)12-10-21)25-19-37-28(31-25)18-36-27-8-4-3-7-24(27)30/h3-4,7-12,17,19H,5-6,13-16,18H2,1-2H3. The van der Waals surface area contributed by atoms with E-state index in [4.69, 9.17) is 26.1 Å². The Morgan fingerprint density at radius 1 is 1.11 bits per heavy atom. The Kier molecular flexibility index (Phi) is 7.82. The van der Waals surface area contributed by atoms with E-state index in [2.05, 4.69) is 16.7 Å². The van der Waals surface area contributed by atoms with Gasteiger partial charge in [0.25, 0.3) is 5.91 Å². The van der Waals surface area contributed by atoms with Gasteiger partial charge in [-0.05, 0) is 62.1 Å². The minimum absolute atomic E-state index is 0.108. The number of benzene rings is 2. The van der Waals surface area contributed by atoms with Crippen LogP contribution in [0.4, 0.5) is 0 Å². The maximum absolute atomic E-state index is 13.4. The van der Waals surface area contributed by atoms with Crippen molar-refractivity contribution in [2.75, 3.05) is 20.2 Å². The van der Waals surface area contributed by atoms with Crippen molar-refractivity contribution in [2.45, 2.75) is 39.3 Å². The van der Waals surface area contributed by atoms with Gasteiger partial charge in [-0.2, -0.15) is 0 Å². The molecule has 0 unspecified atom stereocenters. The molecule has 8 heteroatoms. The van der Waals surface area contributed by atoms with Gasteiger partial charge < -0.3 is 18.9 Å². The maximum atomic E-state index is 13.4. The van der Waals surface area contributed by atoms with E-state index >= 15 is 0 Å². The lowest BCUT2D eigenvalue weighted by atomic mass is 10.1. The summed E-state index contributed by atoms with van der Waals surface area (Å²) >= 11 is 7.77. The third kappa shape index (κ3) is 5.68. The smallest absolute Gasteiger partial charge is 0.255 e. The third-order valence-corrected chi connectivity index (χ3v) is 7.91. The van der Waals surface area contributed by atoms with Crippen molar-refractivity contribution in [1.29, 1.82) is 0 Å². The first-order chi connectivity index (χ1) is 18.0.